The summed E-state index contributed by atoms with van der Waals surface area (Å²) in [7, 11) is 0. The number of carbonyl (C=O) groups is 1. The molecule has 4 rings (SSSR count). The predicted octanol–water partition coefficient (Wildman–Crippen LogP) is 3.89. The lowest BCUT2D eigenvalue weighted by molar-refractivity contribution is -0.138. The predicted molar refractivity (Wildman–Crippen MR) is 113 cm³/mol. The van der Waals surface area contributed by atoms with Crippen molar-refractivity contribution in [2.45, 2.75) is 19.1 Å². The Labute approximate surface area is 171 Å². The highest BCUT2D eigenvalue weighted by Gasteiger charge is 2.15. The second kappa shape index (κ2) is 8.38. The minimum Gasteiger partial charge on any atom is -0.480 e. The summed E-state index contributed by atoms with van der Waals surface area (Å²) in [5.41, 5.74) is 10.4. The monoisotopic (exact) mass is 405 g/mol. The van der Waals surface area contributed by atoms with Gasteiger partial charge in [0.1, 0.15) is 23.7 Å². The van der Waals surface area contributed by atoms with E-state index in [-0.39, 0.29) is 0 Å². The van der Waals surface area contributed by atoms with E-state index in [1.807, 2.05) is 60.0 Å². The van der Waals surface area contributed by atoms with Gasteiger partial charge in [-0.3, -0.25) is 4.79 Å². The third-order valence-electron chi connectivity index (χ3n) is 4.58. The molecule has 1 unspecified atom stereocenters. The first kappa shape index (κ1) is 19.0. The van der Waals surface area contributed by atoms with Gasteiger partial charge in [0.2, 0.25) is 5.88 Å². The molecule has 0 radical (unpaired) electrons. The van der Waals surface area contributed by atoms with Gasteiger partial charge in [-0.2, -0.15) is 0 Å². The van der Waals surface area contributed by atoms with Crippen LogP contribution in [0, 0.1) is 0 Å². The van der Waals surface area contributed by atoms with Crippen LogP contribution in [-0.2, 0) is 17.8 Å². The van der Waals surface area contributed by atoms with Crippen molar-refractivity contribution in [2.75, 3.05) is 0 Å². The van der Waals surface area contributed by atoms with Crippen molar-refractivity contribution in [1.29, 1.82) is 0 Å². The van der Waals surface area contributed by atoms with E-state index in [2.05, 4.69) is 9.97 Å². The molecule has 0 amide bonds. The summed E-state index contributed by atoms with van der Waals surface area (Å²) in [6, 6.07) is 16.8. The van der Waals surface area contributed by atoms with Crippen LogP contribution in [0.3, 0.4) is 0 Å². The molecule has 0 bridgehead atoms. The van der Waals surface area contributed by atoms with Gasteiger partial charge >= 0.3 is 5.97 Å². The highest BCUT2D eigenvalue weighted by atomic mass is 32.1. The number of nitrogens with zero attached hydrogens (tertiary/aromatic N) is 2. The average molecular weight is 405 g/mol. The van der Waals surface area contributed by atoms with Crippen LogP contribution in [0.25, 0.3) is 21.3 Å². The number of carboxylic acid groups (broad SMARTS) is 1. The molecule has 1 atom stereocenters. The number of hydrogen-bond donors (Lipinski definition) is 2. The van der Waals surface area contributed by atoms with Gasteiger partial charge in [-0.1, -0.05) is 54.6 Å². The van der Waals surface area contributed by atoms with Gasteiger partial charge < -0.3 is 15.6 Å². The van der Waals surface area contributed by atoms with Gasteiger partial charge in [-0.05, 0) is 23.1 Å². The maximum Gasteiger partial charge on any atom is 0.320 e. The molecule has 2 aromatic heterocycles. The Hall–Kier alpha value is -3.29. The molecule has 0 saturated carbocycles. The van der Waals surface area contributed by atoms with E-state index >= 15 is 0 Å². The summed E-state index contributed by atoms with van der Waals surface area (Å²) in [4.78, 5) is 19.7. The van der Waals surface area contributed by atoms with E-state index in [0.717, 1.165) is 32.5 Å². The quantitative estimate of drug-likeness (QED) is 0.484. The van der Waals surface area contributed by atoms with Crippen LogP contribution >= 0.6 is 11.3 Å². The molecule has 7 heteroatoms. The van der Waals surface area contributed by atoms with Crippen LogP contribution in [0.1, 0.15) is 11.1 Å². The largest absolute Gasteiger partial charge is 0.480 e. The Balaban J connectivity index is 1.56. The summed E-state index contributed by atoms with van der Waals surface area (Å²) < 4.78 is 6.83. The number of aliphatic carboxylic acids is 1. The summed E-state index contributed by atoms with van der Waals surface area (Å²) in [5.74, 6) is -0.434. The minimum absolute atomic E-state index is 0.291. The molecule has 2 heterocycles. The standard InChI is InChI=1S/C22H19N3O3S/c23-18(22(26)27)10-14-6-8-16(9-7-14)17-12-29-20-19(17)24-13-25-21(20)28-11-15-4-2-1-3-5-15/h1-9,12-13,18H,10-11,23H2,(H,26,27). The van der Waals surface area contributed by atoms with Crippen molar-refractivity contribution in [2.24, 2.45) is 5.73 Å². The minimum atomic E-state index is -1.00. The number of benzene rings is 2. The smallest absolute Gasteiger partial charge is 0.320 e. The molecule has 6 nitrogen and oxygen atoms in total. The zero-order valence-corrected chi connectivity index (χ0v) is 16.3. The highest BCUT2D eigenvalue weighted by molar-refractivity contribution is 7.18. The van der Waals surface area contributed by atoms with Crippen molar-refractivity contribution in [3.63, 3.8) is 0 Å². The molecule has 0 aliphatic rings. The lowest BCUT2D eigenvalue weighted by Gasteiger charge is -2.08. The van der Waals surface area contributed by atoms with E-state index < -0.39 is 12.0 Å². The van der Waals surface area contributed by atoms with Crippen LogP contribution in [0.2, 0.25) is 0 Å². The zero-order valence-electron chi connectivity index (χ0n) is 15.5. The van der Waals surface area contributed by atoms with Crippen LogP contribution < -0.4 is 10.5 Å². The van der Waals surface area contributed by atoms with Gasteiger partial charge in [0.05, 0.1) is 5.52 Å². The topological polar surface area (TPSA) is 98.3 Å². The fourth-order valence-electron chi connectivity index (χ4n) is 3.02. The van der Waals surface area contributed by atoms with Crippen molar-refractivity contribution in [3.05, 3.63) is 77.4 Å². The van der Waals surface area contributed by atoms with E-state index in [1.54, 1.807) is 11.3 Å². The maximum atomic E-state index is 10.9. The maximum absolute atomic E-state index is 10.9. The number of nitrogens with two attached hydrogens (primary N) is 1. The number of ether oxygens (including phenoxy) is 1. The van der Waals surface area contributed by atoms with Crippen molar-refractivity contribution >= 4 is 27.5 Å². The van der Waals surface area contributed by atoms with Gasteiger partial charge in [-0.25, -0.2) is 9.97 Å². The SMILES string of the molecule is NC(Cc1ccc(-c2csc3c(OCc4ccccc4)ncnc23)cc1)C(=O)O. The molecule has 4 aromatic rings. The first-order valence-electron chi connectivity index (χ1n) is 9.08. The molecule has 0 aliphatic carbocycles. The molecule has 0 fully saturated rings. The fourth-order valence-corrected chi connectivity index (χ4v) is 3.99. The lowest BCUT2D eigenvalue weighted by Crippen LogP contribution is -2.32. The third kappa shape index (κ3) is 4.26. The Morgan fingerprint density at radius 2 is 1.83 bits per heavy atom. The van der Waals surface area contributed by atoms with Gasteiger partial charge in [-0.15, -0.1) is 11.3 Å². The van der Waals surface area contributed by atoms with Gasteiger partial charge in [0.25, 0.3) is 0 Å². The average Bonchev–Trinajstić information content (AvgIpc) is 3.18. The molecular weight excluding hydrogens is 386 g/mol. The van der Waals surface area contributed by atoms with Gasteiger partial charge in [0, 0.05) is 10.9 Å². The zero-order chi connectivity index (χ0) is 20.2. The normalized spacial score (nSPS) is 12.0. The molecular formula is C22H19N3O3S. The van der Waals surface area contributed by atoms with Gasteiger partial charge in [0.15, 0.2) is 0 Å². The molecule has 2 aromatic carbocycles. The Kier molecular flexibility index (Phi) is 5.50. The number of carboxylic acids is 1. The van der Waals surface area contributed by atoms with Crippen LogP contribution in [0.4, 0.5) is 0 Å². The van der Waals surface area contributed by atoms with Crippen molar-refractivity contribution < 1.29 is 14.6 Å². The number of thiophene rings is 1. The Morgan fingerprint density at radius 1 is 1.07 bits per heavy atom. The molecule has 29 heavy (non-hydrogen) atoms. The number of rotatable bonds is 7. The second-order valence-electron chi connectivity index (χ2n) is 6.63. The molecule has 146 valence electrons. The number of fused-ring (bicyclic) bond motifs is 1. The molecule has 3 N–H and O–H groups in total. The van der Waals surface area contributed by atoms with Crippen LogP contribution in [0.15, 0.2) is 66.3 Å². The summed E-state index contributed by atoms with van der Waals surface area (Å²) in [6.45, 7) is 0.443. The summed E-state index contributed by atoms with van der Waals surface area (Å²) in [6.07, 6.45) is 1.80. The van der Waals surface area contributed by atoms with E-state index in [4.69, 9.17) is 15.6 Å². The highest BCUT2D eigenvalue weighted by Crippen LogP contribution is 2.36. The van der Waals surface area contributed by atoms with Crippen molar-refractivity contribution in [3.8, 4) is 17.0 Å². The first-order valence-corrected chi connectivity index (χ1v) is 9.96. The summed E-state index contributed by atoms with van der Waals surface area (Å²) in [5, 5.41) is 11.0. The number of hydrogen-bond acceptors (Lipinski definition) is 6. The third-order valence-corrected chi connectivity index (χ3v) is 5.53. The van der Waals surface area contributed by atoms with Crippen molar-refractivity contribution in [1.82, 2.24) is 9.97 Å². The van der Waals surface area contributed by atoms with E-state index in [9.17, 15) is 4.79 Å². The molecule has 0 aliphatic heterocycles. The van der Waals surface area contributed by atoms with E-state index in [1.165, 1.54) is 6.33 Å². The Bertz CT molecular complexity index is 1130. The fraction of sp³-hybridized carbons (Fsp3) is 0.136. The Morgan fingerprint density at radius 3 is 2.55 bits per heavy atom. The summed E-state index contributed by atoms with van der Waals surface area (Å²) >= 11 is 1.54. The molecule has 0 spiro atoms. The van der Waals surface area contributed by atoms with E-state index in [0.29, 0.717) is 18.9 Å². The molecule has 0 saturated heterocycles. The first-order chi connectivity index (χ1) is 14.1. The lowest BCUT2D eigenvalue weighted by atomic mass is 10.0. The number of aromatic nitrogens is 2. The van der Waals surface area contributed by atoms with Crippen LogP contribution in [0.5, 0.6) is 5.88 Å². The second-order valence-corrected chi connectivity index (χ2v) is 7.51. The van der Waals surface area contributed by atoms with Crippen LogP contribution in [-0.4, -0.2) is 27.1 Å².